The first-order chi connectivity index (χ1) is 13.0. The Bertz CT molecular complexity index is 1120. The lowest BCUT2D eigenvalue weighted by atomic mass is 10.1. The van der Waals surface area contributed by atoms with Gasteiger partial charge in [0.15, 0.2) is 5.76 Å². The van der Waals surface area contributed by atoms with E-state index in [1.165, 1.54) is 18.2 Å². The van der Waals surface area contributed by atoms with Crippen LogP contribution in [-0.4, -0.2) is 15.5 Å². The summed E-state index contributed by atoms with van der Waals surface area (Å²) < 4.78 is 21.1. The predicted molar refractivity (Wildman–Crippen MR) is 99.9 cm³/mol. The second kappa shape index (κ2) is 6.72. The van der Waals surface area contributed by atoms with Crippen LogP contribution in [0.3, 0.4) is 0 Å². The van der Waals surface area contributed by atoms with Gasteiger partial charge in [-0.1, -0.05) is 30.3 Å². The highest BCUT2D eigenvalue weighted by molar-refractivity contribution is 5.99. The first-order valence-electron chi connectivity index (χ1n) is 8.56. The first kappa shape index (κ1) is 17.0. The van der Waals surface area contributed by atoms with Crippen molar-refractivity contribution in [1.82, 2.24) is 14.9 Å². The van der Waals surface area contributed by atoms with E-state index in [1.54, 1.807) is 13.1 Å². The molecule has 27 heavy (non-hydrogen) atoms. The Kier molecular flexibility index (Phi) is 4.24. The molecular weight excluding hydrogens is 345 g/mol. The normalized spacial score (nSPS) is 12.3. The lowest BCUT2D eigenvalue weighted by molar-refractivity contribution is 0.0914. The Morgan fingerprint density at radius 2 is 2.00 bits per heavy atom. The number of carbonyl (C=O) groups is 1. The number of aromatic nitrogens is 2. The average Bonchev–Trinajstić information content (AvgIpc) is 3.24. The SMILES string of the molecule is Cc1c(C(=O)NC(c2ccccc2)c2nccn2C)oc2ccc(F)cc12. The minimum Gasteiger partial charge on any atom is -0.451 e. The molecule has 0 fully saturated rings. The Morgan fingerprint density at radius 1 is 1.22 bits per heavy atom. The second-order valence-electron chi connectivity index (χ2n) is 6.41. The van der Waals surface area contributed by atoms with E-state index in [1.807, 2.05) is 48.1 Å². The molecule has 1 unspecified atom stereocenters. The third-order valence-electron chi connectivity index (χ3n) is 4.63. The number of hydrogen-bond acceptors (Lipinski definition) is 3. The second-order valence-corrected chi connectivity index (χ2v) is 6.41. The number of carbonyl (C=O) groups excluding carboxylic acids is 1. The van der Waals surface area contributed by atoms with Crippen molar-refractivity contribution in [3.8, 4) is 0 Å². The molecule has 2 heterocycles. The fourth-order valence-corrected chi connectivity index (χ4v) is 3.20. The van der Waals surface area contributed by atoms with Crippen molar-refractivity contribution in [2.24, 2.45) is 7.05 Å². The fraction of sp³-hybridized carbons (Fsp3) is 0.143. The molecule has 0 aliphatic heterocycles. The number of aryl methyl sites for hydroxylation is 2. The van der Waals surface area contributed by atoms with Gasteiger partial charge in [0, 0.05) is 30.4 Å². The van der Waals surface area contributed by atoms with E-state index in [4.69, 9.17) is 4.42 Å². The van der Waals surface area contributed by atoms with E-state index in [0.29, 0.717) is 22.4 Å². The standard InChI is InChI=1S/C21H18FN3O2/c1-13-16-12-15(22)8-9-17(16)27-19(13)21(26)24-18(14-6-4-3-5-7-14)20-23-10-11-25(20)2/h3-12,18H,1-2H3,(H,24,26). The van der Waals surface area contributed by atoms with Crippen molar-refractivity contribution in [3.05, 3.63) is 89.5 Å². The quantitative estimate of drug-likeness (QED) is 0.593. The van der Waals surface area contributed by atoms with Crippen molar-refractivity contribution in [1.29, 1.82) is 0 Å². The molecule has 0 aliphatic rings. The van der Waals surface area contributed by atoms with Gasteiger partial charge in [-0.05, 0) is 30.7 Å². The molecule has 0 saturated heterocycles. The lowest BCUT2D eigenvalue weighted by Gasteiger charge is -2.18. The summed E-state index contributed by atoms with van der Waals surface area (Å²) in [7, 11) is 1.87. The van der Waals surface area contributed by atoms with Crippen molar-refractivity contribution in [2.45, 2.75) is 13.0 Å². The summed E-state index contributed by atoms with van der Waals surface area (Å²) in [5, 5.41) is 3.59. The van der Waals surface area contributed by atoms with E-state index >= 15 is 0 Å². The van der Waals surface area contributed by atoms with E-state index < -0.39 is 6.04 Å². The summed E-state index contributed by atoms with van der Waals surface area (Å²) in [6, 6.07) is 13.4. The van der Waals surface area contributed by atoms with E-state index in [9.17, 15) is 9.18 Å². The summed E-state index contributed by atoms with van der Waals surface area (Å²) in [4.78, 5) is 17.4. The van der Waals surface area contributed by atoms with Crippen LogP contribution in [0.5, 0.6) is 0 Å². The van der Waals surface area contributed by atoms with Gasteiger partial charge in [0.05, 0.1) is 0 Å². The topological polar surface area (TPSA) is 60.1 Å². The lowest BCUT2D eigenvalue weighted by Crippen LogP contribution is -2.31. The van der Waals surface area contributed by atoms with Crippen LogP contribution in [0.1, 0.15) is 33.5 Å². The summed E-state index contributed by atoms with van der Waals surface area (Å²) in [5.41, 5.74) is 1.99. The number of nitrogens with zero attached hydrogens (tertiary/aromatic N) is 2. The molecule has 0 saturated carbocycles. The minimum absolute atomic E-state index is 0.172. The summed E-state index contributed by atoms with van der Waals surface area (Å²) in [6.07, 6.45) is 3.51. The highest BCUT2D eigenvalue weighted by Gasteiger charge is 2.25. The first-order valence-corrected chi connectivity index (χ1v) is 8.56. The number of benzene rings is 2. The maximum Gasteiger partial charge on any atom is 0.288 e. The van der Waals surface area contributed by atoms with E-state index in [-0.39, 0.29) is 17.5 Å². The Morgan fingerprint density at radius 3 is 2.70 bits per heavy atom. The Balaban J connectivity index is 1.73. The minimum atomic E-state index is -0.442. The number of hydrogen-bond donors (Lipinski definition) is 1. The molecule has 136 valence electrons. The molecular formula is C21H18FN3O2. The number of amides is 1. The predicted octanol–water partition coefficient (Wildman–Crippen LogP) is 4.13. The van der Waals surface area contributed by atoms with Gasteiger partial charge in [-0.15, -0.1) is 0 Å². The molecule has 2 aromatic heterocycles. The van der Waals surface area contributed by atoms with Crippen molar-refractivity contribution in [3.63, 3.8) is 0 Å². The number of halogens is 1. The van der Waals surface area contributed by atoms with Crippen LogP contribution in [0.4, 0.5) is 4.39 Å². The number of rotatable bonds is 4. The third-order valence-corrected chi connectivity index (χ3v) is 4.63. The molecule has 4 rings (SSSR count). The highest BCUT2D eigenvalue weighted by Crippen LogP contribution is 2.27. The van der Waals surface area contributed by atoms with Crippen LogP contribution in [-0.2, 0) is 7.05 Å². The summed E-state index contributed by atoms with van der Waals surface area (Å²) in [5.74, 6) is 0.134. The Labute approximate surface area is 155 Å². The Hall–Kier alpha value is -3.41. The summed E-state index contributed by atoms with van der Waals surface area (Å²) >= 11 is 0. The smallest absolute Gasteiger partial charge is 0.288 e. The zero-order valence-corrected chi connectivity index (χ0v) is 14.9. The highest BCUT2D eigenvalue weighted by atomic mass is 19.1. The van der Waals surface area contributed by atoms with Gasteiger partial charge in [0.25, 0.3) is 5.91 Å². The van der Waals surface area contributed by atoms with Gasteiger partial charge in [0.1, 0.15) is 23.3 Å². The molecule has 2 aromatic carbocycles. The van der Waals surface area contributed by atoms with E-state index in [2.05, 4.69) is 10.3 Å². The van der Waals surface area contributed by atoms with Crippen molar-refractivity contribution < 1.29 is 13.6 Å². The zero-order valence-electron chi connectivity index (χ0n) is 14.9. The number of nitrogens with one attached hydrogen (secondary N) is 1. The maximum atomic E-state index is 13.5. The molecule has 1 atom stereocenters. The van der Waals surface area contributed by atoms with Crippen LogP contribution < -0.4 is 5.32 Å². The molecule has 0 spiro atoms. The fourth-order valence-electron chi connectivity index (χ4n) is 3.20. The van der Waals surface area contributed by atoms with Gasteiger partial charge >= 0.3 is 0 Å². The molecule has 1 N–H and O–H groups in total. The molecule has 0 radical (unpaired) electrons. The monoisotopic (exact) mass is 363 g/mol. The van der Waals surface area contributed by atoms with Crippen LogP contribution in [0.25, 0.3) is 11.0 Å². The average molecular weight is 363 g/mol. The van der Waals surface area contributed by atoms with Crippen molar-refractivity contribution in [2.75, 3.05) is 0 Å². The van der Waals surface area contributed by atoms with Gasteiger partial charge in [-0.2, -0.15) is 0 Å². The van der Waals surface area contributed by atoms with Crippen LogP contribution in [0.2, 0.25) is 0 Å². The third kappa shape index (κ3) is 3.10. The number of imidazole rings is 1. The van der Waals surface area contributed by atoms with Crippen LogP contribution >= 0.6 is 0 Å². The largest absolute Gasteiger partial charge is 0.451 e. The van der Waals surface area contributed by atoms with Gasteiger partial charge in [0.2, 0.25) is 0 Å². The molecule has 1 amide bonds. The number of furan rings is 1. The zero-order chi connectivity index (χ0) is 19.0. The molecule has 0 aliphatic carbocycles. The molecule has 6 heteroatoms. The van der Waals surface area contributed by atoms with Crippen LogP contribution in [0, 0.1) is 12.7 Å². The van der Waals surface area contributed by atoms with Gasteiger partial charge in [-0.25, -0.2) is 9.37 Å². The molecule has 4 aromatic rings. The van der Waals surface area contributed by atoms with Crippen molar-refractivity contribution >= 4 is 16.9 Å². The van der Waals surface area contributed by atoms with Crippen LogP contribution in [0.15, 0.2) is 65.3 Å². The van der Waals surface area contributed by atoms with Gasteiger partial charge < -0.3 is 14.3 Å². The maximum absolute atomic E-state index is 13.5. The van der Waals surface area contributed by atoms with E-state index in [0.717, 1.165) is 5.56 Å². The van der Waals surface area contributed by atoms with Gasteiger partial charge in [-0.3, -0.25) is 4.79 Å². The number of fused-ring (bicyclic) bond motifs is 1. The summed E-state index contributed by atoms with van der Waals surface area (Å²) in [6.45, 7) is 1.75. The molecule has 5 nitrogen and oxygen atoms in total. The molecule has 0 bridgehead atoms.